The van der Waals surface area contributed by atoms with Crippen molar-refractivity contribution >= 4 is 15.7 Å². The van der Waals surface area contributed by atoms with Crippen LogP contribution in [0.1, 0.15) is 13.8 Å². The summed E-state index contributed by atoms with van der Waals surface area (Å²) in [5, 5.41) is 6.53. The average Bonchev–Trinajstić information content (AvgIpc) is 2.45. The Hall–Kier alpha value is -1.15. The standard InChI is InChI=1S/C14H23N3O3S/c1-11(2)17-21(18,19)14-6-4-3-5-13(14)16-9-12-10-20-8-7-15-12/h3-6,11-12,15-17H,7-10H2,1-2H3. The molecule has 1 aromatic rings. The molecule has 7 heteroatoms. The smallest absolute Gasteiger partial charge is 0.242 e. The molecule has 1 heterocycles. The Bertz CT molecular complexity index is 554. The van der Waals surface area contributed by atoms with Crippen LogP contribution in [0.2, 0.25) is 0 Å². The van der Waals surface area contributed by atoms with E-state index in [4.69, 9.17) is 4.74 Å². The Labute approximate surface area is 126 Å². The number of anilines is 1. The molecule has 0 radical (unpaired) electrons. The molecule has 3 N–H and O–H groups in total. The van der Waals surface area contributed by atoms with Gasteiger partial charge in [0.05, 0.1) is 18.9 Å². The predicted octanol–water partition coefficient (Wildman–Crippen LogP) is 0.774. The third-order valence-corrected chi connectivity index (χ3v) is 4.82. The lowest BCUT2D eigenvalue weighted by Crippen LogP contribution is -2.45. The molecule has 1 unspecified atom stereocenters. The third kappa shape index (κ3) is 4.67. The molecule has 6 nitrogen and oxygen atoms in total. The SMILES string of the molecule is CC(C)NS(=O)(=O)c1ccccc1NCC1COCCN1. The first-order chi connectivity index (χ1) is 9.99. The fraction of sp³-hybridized carbons (Fsp3) is 0.571. The molecule has 0 spiro atoms. The number of para-hydroxylation sites is 1. The summed E-state index contributed by atoms with van der Waals surface area (Å²) >= 11 is 0. The van der Waals surface area contributed by atoms with Crippen molar-refractivity contribution in [3.05, 3.63) is 24.3 Å². The van der Waals surface area contributed by atoms with Crippen molar-refractivity contribution in [3.63, 3.8) is 0 Å². The Kier molecular flexibility index (Phi) is 5.58. The summed E-state index contributed by atoms with van der Waals surface area (Å²) < 4.78 is 32.6. The third-order valence-electron chi connectivity index (χ3n) is 3.10. The van der Waals surface area contributed by atoms with E-state index in [9.17, 15) is 8.42 Å². The van der Waals surface area contributed by atoms with Gasteiger partial charge in [0.15, 0.2) is 0 Å². The molecule has 1 fully saturated rings. The molecule has 21 heavy (non-hydrogen) atoms. The van der Waals surface area contributed by atoms with Crippen LogP contribution in [0, 0.1) is 0 Å². The van der Waals surface area contributed by atoms with E-state index in [0.717, 1.165) is 13.2 Å². The number of morpholine rings is 1. The number of nitrogens with one attached hydrogen (secondary N) is 3. The van der Waals surface area contributed by atoms with Gasteiger partial charge >= 0.3 is 0 Å². The van der Waals surface area contributed by atoms with Crippen LogP contribution in [0.4, 0.5) is 5.69 Å². The molecule has 1 saturated heterocycles. The molecule has 2 rings (SSSR count). The van der Waals surface area contributed by atoms with E-state index in [1.807, 2.05) is 6.07 Å². The van der Waals surface area contributed by atoms with E-state index >= 15 is 0 Å². The van der Waals surface area contributed by atoms with Crippen LogP contribution in [0.3, 0.4) is 0 Å². The molecule has 0 amide bonds. The summed E-state index contributed by atoms with van der Waals surface area (Å²) in [7, 11) is -3.51. The second kappa shape index (κ2) is 7.22. The first kappa shape index (κ1) is 16.2. The minimum absolute atomic E-state index is 0.142. The van der Waals surface area contributed by atoms with Gasteiger partial charge in [0.1, 0.15) is 4.90 Å². The van der Waals surface area contributed by atoms with Crippen LogP contribution in [0.5, 0.6) is 0 Å². The minimum Gasteiger partial charge on any atom is -0.382 e. The normalized spacial score (nSPS) is 19.7. The highest BCUT2D eigenvalue weighted by atomic mass is 32.2. The lowest BCUT2D eigenvalue weighted by Gasteiger charge is -2.25. The molecular weight excluding hydrogens is 290 g/mol. The van der Waals surface area contributed by atoms with E-state index in [0.29, 0.717) is 18.8 Å². The summed E-state index contributed by atoms with van der Waals surface area (Å²) in [5.74, 6) is 0. The highest BCUT2D eigenvalue weighted by Gasteiger charge is 2.20. The van der Waals surface area contributed by atoms with Gasteiger partial charge in [-0.25, -0.2) is 13.1 Å². The lowest BCUT2D eigenvalue weighted by molar-refractivity contribution is 0.0806. The molecule has 0 bridgehead atoms. The topological polar surface area (TPSA) is 79.5 Å². The van der Waals surface area contributed by atoms with Crippen molar-refractivity contribution in [3.8, 4) is 0 Å². The molecule has 1 aromatic carbocycles. The first-order valence-corrected chi connectivity index (χ1v) is 8.64. The molecule has 1 aliphatic heterocycles. The summed E-state index contributed by atoms with van der Waals surface area (Å²) in [6.07, 6.45) is 0. The van der Waals surface area contributed by atoms with Gasteiger partial charge in [-0.1, -0.05) is 12.1 Å². The number of sulfonamides is 1. The van der Waals surface area contributed by atoms with Crippen LogP contribution in [0.25, 0.3) is 0 Å². The largest absolute Gasteiger partial charge is 0.382 e. The highest BCUT2D eigenvalue weighted by Crippen LogP contribution is 2.21. The molecular formula is C14H23N3O3S. The van der Waals surface area contributed by atoms with Crippen LogP contribution < -0.4 is 15.4 Å². The summed E-state index contributed by atoms with van der Waals surface area (Å²) in [6.45, 7) is 6.40. The van der Waals surface area contributed by atoms with Gasteiger partial charge < -0.3 is 15.4 Å². The van der Waals surface area contributed by atoms with E-state index in [1.165, 1.54) is 0 Å². The van der Waals surface area contributed by atoms with Gasteiger partial charge in [-0.2, -0.15) is 0 Å². The lowest BCUT2D eigenvalue weighted by atomic mass is 10.2. The molecule has 1 aliphatic rings. The molecule has 0 saturated carbocycles. The Balaban J connectivity index is 2.09. The van der Waals surface area contributed by atoms with Gasteiger partial charge in [0.2, 0.25) is 10.0 Å². The highest BCUT2D eigenvalue weighted by molar-refractivity contribution is 7.89. The van der Waals surface area contributed by atoms with Crippen LogP contribution in [-0.4, -0.2) is 46.8 Å². The zero-order valence-corrected chi connectivity index (χ0v) is 13.2. The molecule has 1 atom stereocenters. The second-order valence-corrected chi connectivity index (χ2v) is 7.06. The summed E-state index contributed by atoms with van der Waals surface area (Å²) in [4.78, 5) is 0.274. The molecule has 0 aromatic heterocycles. The fourth-order valence-corrected chi connectivity index (χ4v) is 3.64. The predicted molar refractivity (Wildman–Crippen MR) is 83.0 cm³/mol. The number of rotatable bonds is 6. The zero-order valence-electron chi connectivity index (χ0n) is 12.4. The van der Waals surface area contributed by atoms with E-state index in [1.54, 1.807) is 32.0 Å². The van der Waals surface area contributed by atoms with E-state index in [2.05, 4.69) is 15.4 Å². The number of hydrogen-bond donors (Lipinski definition) is 3. The number of hydrogen-bond acceptors (Lipinski definition) is 5. The molecule has 118 valence electrons. The quantitative estimate of drug-likeness (QED) is 0.723. The van der Waals surface area contributed by atoms with Crippen LogP contribution in [-0.2, 0) is 14.8 Å². The maximum atomic E-state index is 12.3. The number of ether oxygens (including phenoxy) is 1. The first-order valence-electron chi connectivity index (χ1n) is 7.15. The van der Waals surface area contributed by atoms with Crippen molar-refractivity contribution in [1.82, 2.24) is 10.0 Å². The van der Waals surface area contributed by atoms with Crippen LogP contribution >= 0.6 is 0 Å². The Morgan fingerprint density at radius 1 is 1.38 bits per heavy atom. The maximum absolute atomic E-state index is 12.3. The molecule has 0 aliphatic carbocycles. The van der Waals surface area contributed by atoms with Gasteiger partial charge in [-0.15, -0.1) is 0 Å². The zero-order chi connectivity index (χ0) is 15.3. The van der Waals surface area contributed by atoms with Crippen molar-refractivity contribution in [2.24, 2.45) is 0 Å². The van der Waals surface area contributed by atoms with Gasteiger partial charge in [-0.3, -0.25) is 0 Å². The van der Waals surface area contributed by atoms with E-state index in [-0.39, 0.29) is 17.0 Å². The summed E-state index contributed by atoms with van der Waals surface area (Å²) in [6, 6.07) is 6.98. The fourth-order valence-electron chi connectivity index (χ4n) is 2.20. The minimum atomic E-state index is -3.51. The van der Waals surface area contributed by atoms with Gasteiger partial charge in [0.25, 0.3) is 0 Å². The number of benzene rings is 1. The van der Waals surface area contributed by atoms with Crippen molar-refractivity contribution in [1.29, 1.82) is 0 Å². The summed E-state index contributed by atoms with van der Waals surface area (Å²) in [5.41, 5.74) is 0.609. The second-order valence-electron chi connectivity index (χ2n) is 5.38. The Morgan fingerprint density at radius 2 is 2.14 bits per heavy atom. The van der Waals surface area contributed by atoms with Crippen molar-refractivity contribution in [2.45, 2.75) is 30.8 Å². The van der Waals surface area contributed by atoms with Gasteiger partial charge in [-0.05, 0) is 26.0 Å². The van der Waals surface area contributed by atoms with Crippen molar-refractivity contribution in [2.75, 3.05) is 31.6 Å². The monoisotopic (exact) mass is 313 g/mol. The average molecular weight is 313 g/mol. The van der Waals surface area contributed by atoms with Gasteiger partial charge in [0, 0.05) is 25.2 Å². The van der Waals surface area contributed by atoms with Crippen molar-refractivity contribution < 1.29 is 13.2 Å². The Morgan fingerprint density at radius 3 is 2.81 bits per heavy atom. The van der Waals surface area contributed by atoms with E-state index < -0.39 is 10.0 Å². The van der Waals surface area contributed by atoms with Crippen LogP contribution in [0.15, 0.2) is 29.2 Å². The maximum Gasteiger partial charge on any atom is 0.242 e.